The Morgan fingerprint density at radius 1 is 1.23 bits per heavy atom. The van der Waals surface area contributed by atoms with Gasteiger partial charge in [0.25, 0.3) is 11.6 Å². The molecule has 0 bridgehead atoms. The number of carbonyl (C=O) groups is 1. The summed E-state index contributed by atoms with van der Waals surface area (Å²) in [6.07, 6.45) is 2.20. The van der Waals surface area contributed by atoms with E-state index in [-0.39, 0.29) is 5.91 Å². The quantitative estimate of drug-likeness (QED) is 0.587. The van der Waals surface area contributed by atoms with Crippen LogP contribution in [0.25, 0.3) is 22.1 Å². The maximum atomic E-state index is 13.0. The number of nitrogens with zero attached hydrogens (tertiary/aromatic N) is 3. The van der Waals surface area contributed by atoms with E-state index in [1.807, 2.05) is 38.1 Å². The standard InChI is InChI=1S/C19H17N5O2/c1-9-17-13(8-15(11-3-4-11)23-19(17)26-24-9)18(25)22-12-5-6-14-16(7-12)21-10(2)20-14/h5-8,11H,3-4H2,1-2H3,(H,20,21)(H,22,25). The van der Waals surface area contributed by atoms with E-state index in [0.29, 0.717) is 34.0 Å². The van der Waals surface area contributed by atoms with Crippen molar-refractivity contribution in [2.24, 2.45) is 0 Å². The Balaban J connectivity index is 1.55. The summed E-state index contributed by atoms with van der Waals surface area (Å²) < 4.78 is 5.31. The van der Waals surface area contributed by atoms with E-state index < -0.39 is 0 Å². The Labute approximate surface area is 148 Å². The number of carbonyl (C=O) groups excluding carboxylic acids is 1. The van der Waals surface area contributed by atoms with Gasteiger partial charge in [0.1, 0.15) is 5.82 Å². The number of H-pyrrole nitrogens is 1. The average molecular weight is 347 g/mol. The van der Waals surface area contributed by atoms with Gasteiger partial charge in [0.2, 0.25) is 0 Å². The van der Waals surface area contributed by atoms with Crippen molar-refractivity contribution < 1.29 is 9.32 Å². The topological polar surface area (TPSA) is 96.7 Å². The number of benzene rings is 1. The molecule has 7 nitrogen and oxygen atoms in total. The van der Waals surface area contributed by atoms with Crippen molar-refractivity contribution in [1.82, 2.24) is 20.1 Å². The Bertz CT molecular complexity index is 1170. The SMILES string of the molecule is Cc1nc2ccc(NC(=O)c3cc(C4CC4)nc4onc(C)c34)cc2[nH]1. The molecular weight excluding hydrogens is 330 g/mol. The van der Waals surface area contributed by atoms with Crippen LogP contribution >= 0.6 is 0 Å². The minimum Gasteiger partial charge on any atom is -0.342 e. The molecule has 2 N–H and O–H groups in total. The van der Waals surface area contributed by atoms with Gasteiger partial charge in [-0.05, 0) is 51.0 Å². The van der Waals surface area contributed by atoms with Crippen LogP contribution in [0.5, 0.6) is 0 Å². The maximum absolute atomic E-state index is 13.0. The highest BCUT2D eigenvalue weighted by molar-refractivity contribution is 6.12. The molecule has 0 spiro atoms. The first-order chi connectivity index (χ1) is 12.6. The van der Waals surface area contributed by atoms with E-state index in [0.717, 1.165) is 35.4 Å². The van der Waals surface area contributed by atoms with Gasteiger partial charge in [0.15, 0.2) is 0 Å². The third-order valence-corrected chi connectivity index (χ3v) is 4.74. The predicted molar refractivity (Wildman–Crippen MR) is 97.3 cm³/mol. The predicted octanol–water partition coefficient (Wildman–Crippen LogP) is 3.85. The molecule has 4 aromatic rings. The second kappa shape index (κ2) is 5.39. The van der Waals surface area contributed by atoms with Crippen LogP contribution in [-0.2, 0) is 0 Å². The van der Waals surface area contributed by atoms with Gasteiger partial charge in [-0.1, -0.05) is 5.16 Å². The van der Waals surface area contributed by atoms with E-state index in [4.69, 9.17) is 4.52 Å². The zero-order valence-electron chi connectivity index (χ0n) is 14.5. The molecule has 3 heterocycles. The number of aromatic amines is 1. The second-order valence-corrected chi connectivity index (χ2v) is 6.83. The minimum atomic E-state index is -0.193. The fourth-order valence-corrected chi connectivity index (χ4v) is 3.29. The average Bonchev–Trinajstić information content (AvgIpc) is 3.31. The van der Waals surface area contributed by atoms with Gasteiger partial charge in [0, 0.05) is 17.3 Å². The summed E-state index contributed by atoms with van der Waals surface area (Å²) in [6.45, 7) is 3.72. The fraction of sp³-hybridized carbons (Fsp3) is 0.263. The van der Waals surface area contributed by atoms with Crippen LogP contribution in [0, 0.1) is 13.8 Å². The number of hydrogen-bond donors (Lipinski definition) is 2. The van der Waals surface area contributed by atoms with Crippen molar-refractivity contribution in [3.63, 3.8) is 0 Å². The molecule has 130 valence electrons. The molecule has 1 fully saturated rings. The molecule has 7 heteroatoms. The largest absolute Gasteiger partial charge is 0.342 e. The van der Waals surface area contributed by atoms with Crippen LogP contribution in [0.15, 0.2) is 28.8 Å². The Morgan fingerprint density at radius 3 is 2.88 bits per heavy atom. The summed E-state index contributed by atoms with van der Waals surface area (Å²) in [5, 5.41) is 7.62. The molecule has 1 aromatic carbocycles. The van der Waals surface area contributed by atoms with E-state index in [1.165, 1.54) is 0 Å². The Hall–Kier alpha value is -3.22. The van der Waals surface area contributed by atoms with Crippen LogP contribution < -0.4 is 5.32 Å². The van der Waals surface area contributed by atoms with Gasteiger partial charge in [-0.2, -0.15) is 0 Å². The van der Waals surface area contributed by atoms with Gasteiger partial charge in [-0.15, -0.1) is 0 Å². The third kappa shape index (κ3) is 2.44. The molecule has 1 saturated carbocycles. The molecule has 0 radical (unpaired) electrons. The van der Waals surface area contributed by atoms with Crippen molar-refractivity contribution in [3.05, 3.63) is 47.0 Å². The monoisotopic (exact) mass is 347 g/mol. The van der Waals surface area contributed by atoms with Gasteiger partial charge < -0.3 is 14.8 Å². The first-order valence-corrected chi connectivity index (χ1v) is 8.63. The van der Waals surface area contributed by atoms with E-state index >= 15 is 0 Å². The Kier molecular flexibility index (Phi) is 3.12. The zero-order valence-corrected chi connectivity index (χ0v) is 14.5. The number of rotatable bonds is 3. The van der Waals surface area contributed by atoms with Crippen molar-refractivity contribution >= 4 is 33.7 Å². The maximum Gasteiger partial charge on any atom is 0.259 e. The smallest absolute Gasteiger partial charge is 0.259 e. The summed E-state index contributed by atoms with van der Waals surface area (Å²) in [5.74, 6) is 1.07. The fourth-order valence-electron chi connectivity index (χ4n) is 3.29. The number of aryl methyl sites for hydroxylation is 2. The zero-order chi connectivity index (χ0) is 17.8. The molecule has 0 saturated heterocycles. The van der Waals surface area contributed by atoms with E-state index in [1.54, 1.807) is 0 Å². The van der Waals surface area contributed by atoms with Gasteiger partial charge in [-0.3, -0.25) is 4.79 Å². The van der Waals surface area contributed by atoms with Crippen LogP contribution in [0.4, 0.5) is 5.69 Å². The summed E-state index contributed by atoms with van der Waals surface area (Å²) in [4.78, 5) is 25.1. The molecule has 5 rings (SSSR count). The molecular formula is C19H17N5O2. The summed E-state index contributed by atoms with van der Waals surface area (Å²) in [6, 6.07) is 7.49. The lowest BCUT2D eigenvalue weighted by Gasteiger charge is -2.08. The van der Waals surface area contributed by atoms with E-state index in [9.17, 15) is 4.79 Å². The summed E-state index contributed by atoms with van der Waals surface area (Å²) in [7, 11) is 0. The number of aromatic nitrogens is 4. The molecule has 0 unspecified atom stereocenters. The molecule has 1 amide bonds. The summed E-state index contributed by atoms with van der Waals surface area (Å²) in [5.41, 5.74) is 5.02. The number of imidazole rings is 1. The van der Waals surface area contributed by atoms with Gasteiger partial charge in [-0.25, -0.2) is 9.97 Å². The number of nitrogens with one attached hydrogen (secondary N) is 2. The lowest BCUT2D eigenvalue weighted by molar-refractivity contribution is 0.102. The highest BCUT2D eigenvalue weighted by Crippen LogP contribution is 2.40. The second-order valence-electron chi connectivity index (χ2n) is 6.83. The number of fused-ring (bicyclic) bond motifs is 2. The molecule has 26 heavy (non-hydrogen) atoms. The van der Waals surface area contributed by atoms with Crippen molar-refractivity contribution in [2.75, 3.05) is 5.32 Å². The van der Waals surface area contributed by atoms with Crippen molar-refractivity contribution in [3.8, 4) is 0 Å². The van der Waals surface area contributed by atoms with Crippen LogP contribution in [0.2, 0.25) is 0 Å². The molecule has 1 aliphatic carbocycles. The molecule has 0 atom stereocenters. The third-order valence-electron chi connectivity index (χ3n) is 4.74. The Morgan fingerprint density at radius 2 is 2.08 bits per heavy atom. The lowest BCUT2D eigenvalue weighted by atomic mass is 10.1. The van der Waals surface area contributed by atoms with Crippen molar-refractivity contribution in [2.45, 2.75) is 32.6 Å². The molecule has 0 aliphatic heterocycles. The number of hydrogen-bond acceptors (Lipinski definition) is 5. The lowest BCUT2D eigenvalue weighted by Crippen LogP contribution is -2.13. The normalized spacial score (nSPS) is 14.2. The summed E-state index contributed by atoms with van der Waals surface area (Å²) >= 11 is 0. The van der Waals surface area contributed by atoms with Crippen LogP contribution in [0.3, 0.4) is 0 Å². The highest BCUT2D eigenvalue weighted by atomic mass is 16.5. The van der Waals surface area contributed by atoms with Gasteiger partial charge in [0.05, 0.1) is 27.7 Å². The minimum absolute atomic E-state index is 0.193. The highest BCUT2D eigenvalue weighted by Gasteiger charge is 2.28. The van der Waals surface area contributed by atoms with Crippen LogP contribution in [0.1, 0.15) is 46.3 Å². The van der Waals surface area contributed by atoms with Gasteiger partial charge >= 0.3 is 0 Å². The van der Waals surface area contributed by atoms with Crippen LogP contribution in [-0.4, -0.2) is 26.0 Å². The molecule has 1 aliphatic rings. The first-order valence-electron chi connectivity index (χ1n) is 8.63. The number of pyridine rings is 1. The number of amides is 1. The first kappa shape index (κ1) is 15.1. The molecule has 3 aromatic heterocycles. The van der Waals surface area contributed by atoms with E-state index in [2.05, 4.69) is 25.4 Å². The number of anilines is 1. The van der Waals surface area contributed by atoms with Crippen molar-refractivity contribution in [1.29, 1.82) is 0 Å².